The van der Waals surface area contributed by atoms with Crippen molar-refractivity contribution in [1.82, 2.24) is 19.6 Å². The van der Waals surface area contributed by atoms with Gasteiger partial charge in [0.1, 0.15) is 17.4 Å². The molecule has 3 heterocycles. The number of carbonyl (C=O) groups is 3. The summed E-state index contributed by atoms with van der Waals surface area (Å²) < 4.78 is 12.4. The zero-order valence-corrected chi connectivity index (χ0v) is 22.9. The van der Waals surface area contributed by atoms with E-state index in [1.807, 2.05) is 57.2 Å². The number of benzene rings is 2. The molecule has 0 saturated carbocycles. The van der Waals surface area contributed by atoms with Crippen LogP contribution in [0.1, 0.15) is 45.2 Å². The van der Waals surface area contributed by atoms with Gasteiger partial charge in [-0.1, -0.05) is 12.1 Å². The van der Waals surface area contributed by atoms with Gasteiger partial charge < -0.3 is 19.3 Å². The average Bonchev–Trinajstić information content (AvgIpc) is 3.33. The van der Waals surface area contributed by atoms with E-state index in [4.69, 9.17) is 9.47 Å². The fourth-order valence-electron chi connectivity index (χ4n) is 5.09. The topological polar surface area (TPSA) is 97.2 Å². The molecule has 1 atom stereocenters. The van der Waals surface area contributed by atoms with Crippen molar-refractivity contribution in [2.24, 2.45) is 0 Å². The molecule has 10 nitrogen and oxygen atoms in total. The summed E-state index contributed by atoms with van der Waals surface area (Å²) >= 11 is 0. The number of aromatic nitrogens is 2. The Kier molecular flexibility index (Phi) is 7.20. The summed E-state index contributed by atoms with van der Waals surface area (Å²) in [7, 11) is 1.60. The number of anilines is 1. The van der Waals surface area contributed by atoms with Crippen molar-refractivity contribution in [1.29, 1.82) is 0 Å². The maximum Gasteiger partial charge on any atom is 0.410 e. The van der Waals surface area contributed by atoms with Crippen molar-refractivity contribution in [3.05, 3.63) is 54.2 Å². The maximum absolute atomic E-state index is 13.5. The summed E-state index contributed by atoms with van der Waals surface area (Å²) in [6, 6.07) is 12.9. The van der Waals surface area contributed by atoms with Gasteiger partial charge in [-0.25, -0.2) is 4.79 Å². The number of ether oxygens (including phenoxy) is 2. The molecule has 39 heavy (non-hydrogen) atoms. The first-order valence-corrected chi connectivity index (χ1v) is 13.3. The smallest absolute Gasteiger partial charge is 0.410 e. The lowest BCUT2D eigenvalue weighted by Gasteiger charge is -2.36. The molecule has 2 fully saturated rings. The van der Waals surface area contributed by atoms with E-state index in [9.17, 15) is 14.4 Å². The van der Waals surface area contributed by atoms with Crippen LogP contribution in [-0.4, -0.2) is 76.4 Å². The number of hydrogen-bond donors (Lipinski definition) is 0. The second-order valence-electron chi connectivity index (χ2n) is 11.0. The number of piperidine rings is 1. The van der Waals surface area contributed by atoms with Crippen LogP contribution < -0.4 is 9.64 Å². The van der Waals surface area contributed by atoms with Crippen molar-refractivity contribution in [2.75, 3.05) is 38.2 Å². The molecule has 2 aromatic carbocycles. The zero-order chi connectivity index (χ0) is 27.7. The van der Waals surface area contributed by atoms with Crippen LogP contribution in [0.5, 0.6) is 5.75 Å². The molecule has 0 spiro atoms. The molecule has 1 aromatic heterocycles. The number of imide groups is 1. The van der Waals surface area contributed by atoms with E-state index in [2.05, 4.69) is 16.1 Å². The predicted octanol–water partition coefficient (Wildman–Crippen LogP) is 3.99. The van der Waals surface area contributed by atoms with Gasteiger partial charge in [0.2, 0.25) is 5.91 Å². The third-order valence-corrected chi connectivity index (χ3v) is 7.15. The number of piperazine rings is 1. The van der Waals surface area contributed by atoms with Crippen LogP contribution in [0.15, 0.2) is 48.7 Å². The van der Waals surface area contributed by atoms with Crippen molar-refractivity contribution >= 4 is 34.5 Å². The Balaban J connectivity index is 1.28. The molecular formula is C29H35N5O5. The molecule has 3 aromatic rings. The number of carbonyl (C=O) groups excluding carboxylic acids is 3. The molecule has 206 valence electrons. The molecule has 3 amide bonds. The van der Waals surface area contributed by atoms with Crippen LogP contribution >= 0.6 is 0 Å². The van der Waals surface area contributed by atoms with Crippen LogP contribution in [-0.2, 0) is 20.9 Å². The standard InChI is InChI=1S/C29H35N5O5/c1-29(2,3)39-28(37)32-15-13-31(14-16-32)22-7-10-24-21(17-22)18-30-34(24)25-11-12-26(35)33(27(25)36)19-20-5-8-23(38-4)9-6-20/h5-10,17-18,25H,11-16,19H2,1-4H3. The highest BCUT2D eigenvalue weighted by molar-refractivity contribution is 6.00. The van der Waals surface area contributed by atoms with Crippen molar-refractivity contribution in [3.8, 4) is 5.75 Å². The largest absolute Gasteiger partial charge is 0.497 e. The predicted molar refractivity (Wildman–Crippen MR) is 147 cm³/mol. The van der Waals surface area contributed by atoms with Crippen molar-refractivity contribution < 1.29 is 23.9 Å². The van der Waals surface area contributed by atoms with Gasteiger partial charge in [0.05, 0.1) is 25.4 Å². The number of hydrogen-bond acceptors (Lipinski definition) is 7. The average molecular weight is 534 g/mol. The van der Waals surface area contributed by atoms with Gasteiger partial charge >= 0.3 is 6.09 Å². The van der Waals surface area contributed by atoms with Gasteiger partial charge in [-0.15, -0.1) is 0 Å². The lowest BCUT2D eigenvalue weighted by Crippen LogP contribution is -2.50. The summed E-state index contributed by atoms with van der Waals surface area (Å²) in [5, 5.41) is 5.49. The minimum Gasteiger partial charge on any atom is -0.497 e. The van der Waals surface area contributed by atoms with Crippen LogP contribution in [0.4, 0.5) is 10.5 Å². The SMILES string of the molecule is COc1ccc(CN2C(=O)CCC(n3ncc4cc(N5CCN(C(=O)OC(C)(C)C)CC5)ccc43)C2=O)cc1. The fraction of sp³-hybridized carbons (Fsp3) is 0.448. The molecule has 0 radical (unpaired) electrons. The van der Waals surface area contributed by atoms with Gasteiger partial charge in [0, 0.05) is 43.7 Å². The molecular weight excluding hydrogens is 498 g/mol. The van der Waals surface area contributed by atoms with Crippen LogP contribution in [0, 0.1) is 0 Å². The van der Waals surface area contributed by atoms with E-state index in [0.717, 1.165) is 27.9 Å². The van der Waals surface area contributed by atoms with E-state index in [1.54, 1.807) is 22.9 Å². The summed E-state index contributed by atoms with van der Waals surface area (Å²) in [5.74, 6) is 0.311. The molecule has 2 aliphatic rings. The van der Waals surface area contributed by atoms with Crippen molar-refractivity contribution in [3.63, 3.8) is 0 Å². The fourth-order valence-corrected chi connectivity index (χ4v) is 5.09. The molecule has 10 heteroatoms. The normalized spacial score (nSPS) is 18.6. The van der Waals surface area contributed by atoms with Crippen molar-refractivity contribution in [2.45, 2.75) is 51.8 Å². The monoisotopic (exact) mass is 533 g/mol. The minimum absolute atomic E-state index is 0.170. The summed E-state index contributed by atoms with van der Waals surface area (Å²) in [6.07, 6.45) is 2.19. The highest BCUT2D eigenvalue weighted by Crippen LogP contribution is 2.30. The quantitative estimate of drug-likeness (QED) is 0.458. The number of amides is 3. The van der Waals surface area contributed by atoms with Gasteiger partial charge in [0.25, 0.3) is 5.91 Å². The molecule has 1 unspecified atom stereocenters. The lowest BCUT2D eigenvalue weighted by atomic mass is 10.0. The van der Waals surface area contributed by atoms with Crippen LogP contribution in [0.2, 0.25) is 0 Å². The number of fused-ring (bicyclic) bond motifs is 1. The molecule has 0 N–H and O–H groups in total. The minimum atomic E-state index is -0.540. The van der Waals surface area contributed by atoms with E-state index in [0.29, 0.717) is 32.6 Å². The Hall–Kier alpha value is -4.08. The Morgan fingerprint density at radius 3 is 2.41 bits per heavy atom. The van der Waals surface area contributed by atoms with E-state index >= 15 is 0 Å². The second kappa shape index (κ2) is 10.6. The van der Waals surface area contributed by atoms with Gasteiger partial charge in [-0.05, 0) is 63.1 Å². The van der Waals surface area contributed by atoms with Crippen LogP contribution in [0.25, 0.3) is 10.9 Å². The highest BCUT2D eigenvalue weighted by Gasteiger charge is 2.36. The van der Waals surface area contributed by atoms with E-state index in [-0.39, 0.29) is 30.9 Å². The zero-order valence-electron chi connectivity index (χ0n) is 22.9. The Bertz CT molecular complexity index is 1370. The van der Waals surface area contributed by atoms with Crippen LogP contribution in [0.3, 0.4) is 0 Å². The molecule has 5 rings (SSSR count). The highest BCUT2D eigenvalue weighted by atomic mass is 16.6. The van der Waals surface area contributed by atoms with E-state index in [1.165, 1.54) is 4.90 Å². The summed E-state index contributed by atoms with van der Waals surface area (Å²) in [5.41, 5.74) is 2.24. The summed E-state index contributed by atoms with van der Waals surface area (Å²) in [6.45, 7) is 8.39. The number of rotatable bonds is 5. The first-order valence-electron chi connectivity index (χ1n) is 13.3. The Morgan fingerprint density at radius 1 is 1.03 bits per heavy atom. The Labute approximate surface area is 228 Å². The number of methoxy groups -OCH3 is 1. The molecule has 0 bridgehead atoms. The molecule has 0 aliphatic carbocycles. The van der Waals surface area contributed by atoms with Gasteiger partial charge in [0.15, 0.2) is 0 Å². The molecule has 2 saturated heterocycles. The third-order valence-electron chi connectivity index (χ3n) is 7.15. The number of likely N-dealkylation sites (tertiary alicyclic amines) is 1. The molecule has 2 aliphatic heterocycles. The first-order chi connectivity index (χ1) is 18.6. The third kappa shape index (κ3) is 5.69. The van der Waals surface area contributed by atoms with Gasteiger partial charge in [-0.2, -0.15) is 5.10 Å². The maximum atomic E-state index is 13.5. The first kappa shape index (κ1) is 26.5. The van der Waals surface area contributed by atoms with Gasteiger partial charge in [-0.3, -0.25) is 19.2 Å². The summed E-state index contributed by atoms with van der Waals surface area (Å²) in [4.78, 5) is 43.9. The number of nitrogens with zero attached hydrogens (tertiary/aromatic N) is 5. The second-order valence-corrected chi connectivity index (χ2v) is 11.0. The van der Waals surface area contributed by atoms with E-state index < -0.39 is 11.6 Å². The lowest BCUT2D eigenvalue weighted by molar-refractivity contribution is -0.152. The Morgan fingerprint density at radius 2 is 1.74 bits per heavy atom.